The summed E-state index contributed by atoms with van der Waals surface area (Å²) in [4.78, 5) is 12.7. The number of piperidine rings is 1. The average Bonchev–Trinajstić information content (AvgIpc) is 3.01. The summed E-state index contributed by atoms with van der Waals surface area (Å²) >= 11 is 0. The van der Waals surface area contributed by atoms with Gasteiger partial charge in [-0.25, -0.2) is 9.07 Å². The summed E-state index contributed by atoms with van der Waals surface area (Å²) in [5.41, 5.74) is 2.16. The Bertz CT molecular complexity index is 716. The Morgan fingerprint density at radius 1 is 1.40 bits per heavy atom. The molecule has 5 nitrogen and oxygen atoms in total. The fourth-order valence-corrected chi connectivity index (χ4v) is 3.14. The maximum atomic E-state index is 13.1. The number of carbonyl (C=O) groups is 1. The minimum absolute atomic E-state index is 0. The fraction of sp³-hybridized carbons (Fsp3) is 0.444. The number of carbonyl (C=O) groups excluding carboxylic acids is 1. The number of hydrogen-bond acceptors (Lipinski definition) is 3. The summed E-state index contributed by atoms with van der Waals surface area (Å²) in [5.74, 6) is 0.0638. The molecule has 7 heteroatoms. The molecule has 2 N–H and O–H groups in total. The maximum Gasteiger partial charge on any atom is 0.255 e. The summed E-state index contributed by atoms with van der Waals surface area (Å²) < 4.78 is 14.8. The monoisotopic (exact) mass is 366 g/mol. The molecule has 2 unspecified atom stereocenters. The highest BCUT2D eigenvalue weighted by atomic mass is 35.5. The van der Waals surface area contributed by atoms with Crippen molar-refractivity contribution in [2.75, 3.05) is 13.1 Å². The number of nitrogens with one attached hydrogen (secondary N) is 2. The van der Waals surface area contributed by atoms with E-state index >= 15 is 0 Å². The van der Waals surface area contributed by atoms with Crippen LogP contribution in [-0.4, -0.2) is 34.8 Å². The van der Waals surface area contributed by atoms with Crippen molar-refractivity contribution >= 4 is 18.3 Å². The van der Waals surface area contributed by atoms with Crippen LogP contribution >= 0.6 is 12.4 Å². The molecule has 1 aliphatic heterocycles. The zero-order valence-corrected chi connectivity index (χ0v) is 15.3. The predicted octanol–water partition coefficient (Wildman–Crippen LogP) is 2.72. The summed E-state index contributed by atoms with van der Waals surface area (Å²) in [6.45, 7) is 5.93. The molecular weight excluding hydrogens is 343 g/mol. The molecule has 1 fully saturated rings. The number of amides is 1. The van der Waals surface area contributed by atoms with Gasteiger partial charge < -0.3 is 10.6 Å². The molecule has 25 heavy (non-hydrogen) atoms. The second-order valence-corrected chi connectivity index (χ2v) is 6.30. The standard InChI is InChI=1S/C18H23FN4O.ClH/c1-3-17-15(18(24)22-16-11-20-9-8-12(16)2)10-21-23(17)14-6-4-13(19)5-7-14;/h4-7,10,12,16,20H,3,8-9,11H2,1-2H3,(H,22,24);1H. The minimum atomic E-state index is -0.291. The second kappa shape index (κ2) is 8.45. The van der Waals surface area contributed by atoms with E-state index in [-0.39, 0.29) is 30.2 Å². The fourth-order valence-electron chi connectivity index (χ4n) is 3.14. The molecule has 0 saturated carbocycles. The molecule has 0 spiro atoms. The quantitative estimate of drug-likeness (QED) is 0.874. The molecule has 1 saturated heterocycles. The number of hydrogen-bond donors (Lipinski definition) is 2. The molecule has 136 valence electrons. The van der Waals surface area contributed by atoms with E-state index in [0.717, 1.165) is 30.9 Å². The first kappa shape index (κ1) is 19.4. The Hall–Kier alpha value is -1.92. The van der Waals surface area contributed by atoms with Crippen LogP contribution in [0.4, 0.5) is 4.39 Å². The average molecular weight is 367 g/mol. The van der Waals surface area contributed by atoms with Gasteiger partial charge >= 0.3 is 0 Å². The van der Waals surface area contributed by atoms with Crippen LogP contribution < -0.4 is 10.6 Å². The van der Waals surface area contributed by atoms with Crippen LogP contribution in [0.3, 0.4) is 0 Å². The third kappa shape index (κ3) is 4.19. The van der Waals surface area contributed by atoms with Gasteiger partial charge in [-0.3, -0.25) is 4.79 Å². The lowest BCUT2D eigenvalue weighted by molar-refractivity contribution is 0.0914. The SMILES string of the molecule is CCc1c(C(=O)NC2CNCCC2C)cnn1-c1ccc(F)cc1.Cl. The van der Waals surface area contributed by atoms with Crippen LogP contribution in [0.2, 0.25) is 0 Å². The number of nitrogens with zero attached hydrogens (tertiary/aromatic N) is 2. The first-order valence-electron chi connectivity index (χ1n) is 8.44. The zero-order chi connectivity index (χ0) is 17.1. The van der Waals surface area contributed by atoms with E-state index in [1.54, 1.807) is 23.0 Å². The number of rotatable bonds is 4. The van der Waals surface area contributed by atoms with E-state index in [1.165, 1.54) is 12.1 Å². The van der Waals surface area contributed by atoms with E-state index in [4.69, 9.17) is 0 Å². The van der Waals surface area contributed by atoms with Crippen molar-refractivity contribution in [3.8, 4) is 5.69 Å². The van der Waals surface area contributed by atoms with E-state index < -0.39 is 0 Å². The molecule has 2 atom stereocenters. The molecule has 1 aromatic heterocycles. The number of aromatic nitrogens is 2. The third-order valence-electron chi connectivity index (χ3n) is 4.66. The Balaban J connectivity index is 0.00000225. The Morgan fingerprint density at radius 3 is 2.76 bits per heavy atom. The van der Waals surface area contributed by atoms with Gasteiger partial charge in [0.1, 0.15) is 5.82 Å². The van der Waals surface area contributed by atoms with Crippen LogP contribution in [0, 0.1) is 11.7 Å². The van der Waals surface area contributed by atoms with Gasteiger partial charge in [0, 0.05) is 12.6 Å². The lowest BCUT2D eigenvalue weighted by Gasteiger charge is -2.30. The van der Waals surface area contributed by atoms with Crippen molar-refractivity contribution in [1.29, 1.82) is 0 Å². The van der Waals surface area contributed by atoms with Crippen LogP contribution in [0.25, 0.3) is 5.69 Å². The summed E-state index contributed by atoms with van der Waals surface area (Å²) in [6, 6.07) is 6.24. The minimum Gasteiger partial charge on any atom is -0.348 e. The van der Waals surface area contributed by atoms with Crippen molar-refractivity contribution in [2.45, 2.75) is 32.7 Å². The largest absolute Gasteiger partial charge is 0.348 e. The molecule has 2 aromatic rings. The van der Waals surface area contributed by atoms with Crippen molar-refractivity contribution < 1.29 is 9.18 Å². The lowest BCUT2D eigenvalue weighted by atomic mass is 9.94. The predicted molar refractivity (Wildman–Crippen MR) is 98.1 cm³/mol. The van der Waals surface area contributed by atoms with E-state index in [0.29, 0.717) is 17.9 Å². The summed E-state index contributed by atoms with van der Waals surface area (Å²) in [5, 5.41) is 10.8. The van der Waals surface area contributed by atoms with Crippen LogP contribution in [-0.2, 0) is 6.42 Å². The smallest absolute Gasteiger partial charge is 0.255 e. The first-order valence-corrected chi connectivity index (χ1v) is 8.44. The van der Waals surface area contributed by atoms with Gasteiger partial charge in [-0.15, -0.1) is 12.4 Å². The normalized spacial score (nSPS) is 20.0. The molecule has 1 aromatic carbocycles. The molecule has 0 aliphatic carbocycles. The van der Waals surface area contributed by atoms with Crippen LogP contribution in [0.15, 0.2) is 30.5 Å². The maximum absolute atomic E-state index is 13.1. The topological polar surface area (TPSA) is 59.0 Å². The van der Waals surface area contributed by atoms with Gasteiger partial charge in [0.05, 0.1) is 23.1 Å². The van der Waals surface area contributed by atoms with Crippen LogP contribution in [0.5, 0.6) is 0 Å². The third-order valence-corrected chi connectivity index (χ3v) is 4.66. The first-order chi connectivity index (χ1) is 11.6. The van der Waals surface area contributed by atoms with E-state index in [9.17, 15) is 9.18 Å². The Morgan fingerprint density at radius 2 is 2.12 bits per heavy atom. The van der Waals surface area contributed by atoms with Crippen molar-refractivity contribution in [3.63, 3.8) is 0 Å². The van der Waals surface area contributed by atoms with Gasteiger partial charge in [-0.2, -0.15) is 5.10 Å². The molecule has 1 amide bonds. The van der Waals surface area contributed by atoms with Crippen molar-refractivity contribution in [3.05, 3.63) is 47.5 Å². The van der Waals surface area contributed by atoms with Crippen LogP contribution in [0.1, 0.15) is 36.3 Å². The molecule has 0 radical (unpaired) electrons. The zero-order valence-electron chi connectivity index (χ0n) is 14.5. The lowest BCUT2D eigenvalue weighted by Crippen LogP contribution is -2.50. The Labute approximate surface area is 153 Å². The second-order valence-electron chi connectivity index (χ2n) is 6.30. The highest BCUT2D eigenvalue weighted by Crippen LogP contribution is 2.18. The number of halogens is 2. The van der Waals surface area contributed by atoms with Crippen molar-refractivity contribution in [1.82, 2.24) is 20.4 Å². The summed E-state index contributed by atoms with van der Waals surface area (Å²) in [7, 11) is 0. The molecular formula is C18H24ClFN4O. The van der Waals surface area contributed by atoms with Gasteiger partial charge in [-0.05, 0) is 49.6 Å². The van der Waals surface area contributed by atoms with Gasteiger partial charge in [0.25, 0.3) is 5.91 Å². The van der Waals surface area contributed by atoms with Gasteiger partial charge in [-0.1, -0.05) is 13.8 Å². The van der Waals surface area contributed by atoms with E-state index in [2.05, 4.69) is 22.7 Å². The Kier molecular flexibility index (Phi) is 6.56. The van der Waals surface area contributed by atoms with Gasteiger partial charge in [0.15, 0.2) is 0 Å². The molecule has 3 rings (SSSR count). The molecule has 1 aliphatic rings. The van der Waals surface area contributed by atoms with E-state index in [1.807, 2.05) is 6.92 Å². The number of benzene rings is 1. The molecule has 2 heterocycles. The summed E-state index contributed by atoms with van der Waals surface area (Å²) in [6.07, 6.45) is 3.32. The van der Waals surface area contributed by atoms with Gasteiger partial charge in [0.2, 0.25) is 0 Å². The van der Waals surface area contributed by atoms with Crippen molar-refractivity contribution in [2.24, 2.45) is 5.92 Å². The highest BCUT2D eigenvalue weighted by Gasteiger charge is 2.25. The molecule has 0 bridgehead atoms. The highest BCUT2D eigenvalue weighted by molar-refractivity contribution is 5.95.